The molecule has 7 heteroatoms. The first-order valence-corrected chi connectivity index (χ1v) is 8.71. The Balaban J connectivity index is 1.92. The smallest absolute Gasteiger partial charge is 0.277 e. The topological polar surface area (TPSA) is 77.2 Å². The van der Waals surface area contributed by atoms with E-state index >= 15 is 0 Å². The lowest BCUT2D eigenvalue weighted by molar-refractivity contribution is -0.118. The van der Waals surface area contributed by atoms with Crippen molar-refractivity contribution in [2.45, 2.75) is 31.4 Å². The number of hydrogen-bond acceptors (Lipinski definition) is 6. The van der Waals surface area contributed by atoms with Gasteiger partial charge in [0.25, 0.3) is 5.22 Å². The molecule has 1 N–H and O–H groups in total. The van der Waals surface area contributed by atoms with Crippen LogP contribution in [-0.2, 0) is 14.9 Å². The van der Waals surface area contributed by atoms with Crippen LogP contribution in [0.1, 0.15) is 26.3 Å². The van der Waals surface area contributed by atoms with Crippen LogP contribution in [0.25, 0.3) is 11.5 Å². The lowest BCUT2D eigenvalue weighted by Crippen LogP contribution is -2.28. The molecule has 0 saturated heterocycles. The highest BCUT2D eigenvalue weighted by Crippen LogP contribution is 2.27. The van der Waals surface area contributed by atoms with E-state index in [4.69, 9.17) is 9.15 Å². The van der Waals surface area contributed by atoms with Gasteiger partial charge in [-0.3, -0.25) is 4.79 Å². The number of hydrogen-bond donors (Lipinski definition) is 1. The van der Waals surface area contributed by atoms with Crippen molar-refractivity contribution < 1.29 is 13.9 Å². The monoisotopic (exact) mass is 349 g/mol. The third-order valence-corrected chi connectivity index (χ3v) is 4.18. The molecule has 1 aromatic heterocycles. The van der Waals surface area contributed by atoms with E-state index in [0.717, 1.165) is 5.56 Å². The van der Waals surface area contributed by atoms with Crippen molar-refractivity contribution in [2.75, 3.05) is 26.0 Å². The third-order valence-electron chi connectivity index (χ3n) is 3.36. The summed E-state index contributed by atoms with van der Waals surface area (Å²) in [4.78, 5) is 11.6. The van der Waals surface area contributed by atoms with Crippen LogP contribution in [0.3, 0.4) is 0 Å². The largest absolute Gasteiger partial charge is 0.411 e. The van der Waals surface area contributed by atoms with E-state index in [1.807, 2.05) is 12.1 Å². The van der Waals surface area contributed by atoms with Crippen LogP contribution in [-0.4, -0.2) is 42.1 Å². The number of amides is 1. The van der Waals surface area contributed by atoms with Crippen LogP contribution < -0.4 is 5.32 Å². The number of methoxy groups -OCH3 is 1. The average molecular weight is 349 g/mol. The van der Waals surface area contributed by atoms with E-state index in [1.165, 1.54) is 17.3 Å². The molecule has 6 nitrogen and oxygen atoms in total. The number of benzene rings is 1. The average Bonchev–Trinajstić information content (AvgIpc) is 3.01. The highest BCUT2D eigenvalue weighted by atomic mass is 32.2. The number of ether oxygens (including phenoxy) is 1. The Morgan fingerprint density at radius 2 is 1.96 bits per heavy atom. The second-order valence-electron chi connectivity index (χ2n) is 6.33. The quantitative estimate of drug-likeness (QED) is 0.612. The molecule has 1 aromatic carbocycles. The van der Waals surface area contributed by atoms with Crippen LogP contribution in [0.2, 0.25) is 0 Å². The van der Waals surface area contributed by atoms with Crippen molar-refractivity contribution in [2.24, 2.45) is 0 Å². The maximum atomic E-state index is 11.6. The molecule has 0 fully saturated rings. The van der Waals surface area contributed by atoms with Crippen LogP contribution in [0, 0.1) is 0 Å². The SMILES string of the molecule is COCCNC(=O)CSc1nnc(-c2ccc(C(C)(C)C)cc2)o1. The van der Waals surface area contributed by atoms with Crippen LogP contribution in [0.15, 0.2) is 33.9 Å². The minimum Gasteiger partial charge on any atom is -0.411 e. The molecular formula is C17H23N3O3S. The standard InChI is InChI=1S/C17H23N3O3S/c1-17(2,3)13-7-5-12(6-8-13)15-19-20-16(23-15)24-11-14(21)18-9-10-22-4/h5-8H,9-11H2,1-4H3,(H,18,21). The Morgan fingerprint density at radius 3 is 2.58 bits per heavy atom. The van der Waals surface area contributed by atoms with Crippen molar-refractivity contribution in [3.8, 4) is 11.5 Å². The highest BCUT2D eigenvalue weighted by Gasteiger charge is 2.15. The van der Waals surface area contributed by atoms with Gasteiger partial charge in [-0.2, -0.15) is 0 Å². The number of nitrogens with zero attached hydrogens (tertiary/aromatic N) is 2. The molecule has 1 amide bonds. The number of aromatic nitrogens is 2. The van der Waals surface area contributed by atoms with Gasteiger partial charge in [0.15, 0.2) is 0 Å². The van der Waals surface area contributed by atoms with Crippen molar-refractivity contribution in [3.05, 3.63) is 29.8 Å². The van der Waals surface area contributed by atoms with E-state index < -0.39 is 0 Å². The molecule has 1 heterocycles. The molecule has 2 aromatic rings. The lowest BCUT2D eigenvalue weighted by atomic mass is 9.87. The van der Waals surface area contributed by atoms with E-state index in [1.54, 1.807) is 7.11 Å². The minimum absolute atomic E-state index is 0.0914. The van der Waals surface area contributed by atoms with Gasteiger partial charge in [-0.1, -0.05) is 44.7 Å². The molecule has 0 unspecified atom stereocenters. The Hall–Kier alpha value is -1.86. The molecule has 0 radical (unpaired) electrons. The van der Waals surface area contributed by atoms with Crippen molar-refractivity contribution in [1.29, 1.82) is 0 Å². The summed E-state index contributed by atoms with van der Waals surface area (Å²) < 4.78 is 10.5. The maximum Gasteiger partial charge on any atom is 0.277 e. The van der Waals surface area contributed by atoms with Crippen LogP contribution >= 0.6 is 11.8 Å². The lowest BCUT2D eigenvalue weighted by Gasteiger charge is -2.18. The number of carbonyl (C=O) groups is 1. The summed E-state index contributed by atoms with van der Waals surface area (Å²) >= 11 is 1.22. The highest BCUT2D eigenvalue weighted by molar-refractivity contribution is 7.99. The summed E-state index contributed by atoms with van der Waals surface area (Å²) in [6, 6.07) is 8.07. The third kappa shape index (κ3) is 5.35. The molecule has 0 aliphatic rings. The van der Waals surface area contributed by atoms with Gasteiger partial charge in [-0.15, -0.1) is 10.2 Å². The fourth-order valence-electron chi connectivity index (χ4n) is 1.97. The summed E-state index contributed by atoms with van der Waals surface area (Å²) in [5.74, 6) is 0.595. The van der Waals surface area contributed by atoms with Gasteiger partial charge >= 0.3 is 0 Å². The van der Waals surface area contributed by atoms with E-state index in [9.17, 15) is 4.79 Å². The first-order chi connectivity index (χ1) is 11.4. The maximum absolute atomic E-state index is 11.6. The molecule has 0 bridgehead atoms. The van der Waals surface area contributed by atoms with Gasteiger partial charge in [-0.25, -0.2) is 0 Å². The molecular weight excluding hydrogens is 326 g/mol. The Kier molecular flexibility index (Phi) is 6.39. The number of thioether (sulfide) groups is 1. The van der Waals surface area contributed by atoms with E-state index in [-0.39, 0.29) is 17.1 Å². The predicted octanol–water partition coefficient (Wildman–Crippen LogP) is 2.89. The first-order valence-electron chi connectivity index (χ1n) is 7.73. The Morgan fingerprint density at radius 1 is 1.25 bits per heavy atom. The van der Waals surface area contributed by atoms with Crippen molar-refractivity contribution in [1.82, 2.24) is 15.5 Å². The number of carbonyl (C=O) groups excluding carboxylic acids is 1. The molecule has 0 aliphatic carbocycles. The Labute approximate surface area is 146 Å². The van der Waals surface area contributed by atoms with Gasteiger partial charge in [0, 0.05) is 19.2 Å². The zero-order valence-electron chi connectivity index (χ0n) is 14.5. The molecule has 130 valence electrons. The van der Waals surface area contributed by atoms with Gasteiger partial charge in [0.05, 0.1) is 12.4 Å². The summed E-state index contributed by atoms with van der Waals surface area (Å²) in [7, 11) is 1.59. The molecule has 0 atom stereocenters. The molecule has 0 spiro atoms. The summed E-state index contributed by atoms with van der Waals surface area (Å²) in [6.45, 7) is 7.49. The van der Waals surface area contributed by atoms with Gasteiger partial charge in [-0.05, 0) is 23.1 Å². The first kappa shape index (κ1) is 18.5. The van der Waals surface area contributed by atoms with Crippen LogP contribution in [0.5, 0.6) is 0 Å². The number of nitrogens with one attached hydrogen (secondary N) is 1. The zero-order valence-corrected chi connectivity index (χ0v) is 15.3. The van der Waals surface area contributed by atoms with Crippen molar-refractivity contribution >= 4 is 17.7 Å². The zero-order chi connectivity index (χ0) is 17.6. The second kappa shape index (κ2) is 8.30. The van der Waals surface area contributed by atoms with E-state index in [0.29, 0.717) is 24.3 Å². The minimum atomic E-state index is -0.0914. The van der Waals surface area contributed by atoms with Crippen molar-refractivity contribution in [3.63, 3.8) is 0 Å². The fourth-order valence-corrected chi connectivity index (χ4v) is 2.56. The van der Waals surface area contributed by atoms with E-state index in [2.05, 4.69) is 48.4 Å². The summed E-state index contributed by atoms with van der Waals surface area (Å²) in [6.07, 6.45) is 0. The molecule has 0 saturated carbocycles. The Bertz CT molecular complexity index is 662. The summed E-state index contributed by atoms with van der Waals surface area (Å²) in [5.41, 5.74) is 2.21. The number of rotatable bonds is 7. The van der Waals surface area contributed by atoms with Gasteiger partial charge in [0.2, 0.25) is 11.8 Å². The fraction of sp³-hybridized carbons (Fsp3) is 0.471. The predicted molar refractivity (Wildman–Crippen MR) is 94.0 cm³/mol. The molecule has 2 rings (SSSR count). The molecule has 24 heavy (non-hydrogen) atoms. The normalized spacial score (nSPS) is 11.5. The molecule has 0 aliphatic heterocycles. The van der Waals surface area contributed by atoms with Crippen LogP contribution in [0.4, 0.5) is 0 Å². The second-order valence-corrected chi connectivity index (χ2v) is 7.26. The summed E-state index contributed by atoms with van der Waals surface area (Å²) in [5, 5.41) is 11.1. The van der Waals surface area contributed by atoms with Gasteiger partial charge < -0.3 is 14.5 Å². The van der Waals surface area contributed by atoms with Gasteiger partial charge in [0.1, 0.15) is 0 Å².